The third-order valence-corrected chi connectivity index (χ3v) is 6.06. The van der Waals surface area contributed by atoms with E-state index in [1.54, 1.807) is 23.9 Å². The molecule has 6 nitrogen and oxygen atoms in total. The van der Waals surface area contributed by atoms with Crippen molar-refractivity contribution < 1.29 is 9.18 Å². The van der Waals surface area contributed by atoms with E-state index in [-0.39, 0.29) is 23.7 Å². The second kappa shape index (κ2) is 8.65. The highest BCUT2D eigenvalue weighted by atomic mass is 19.1. The van der Waals surface area contributed by atoms with Gasteiger partial charge in [-0.25, -0.2) is 9.07 Å². The van der Waals surface area contributed by atoms with Crippen LogP contribution in [0.25, 0.3) is 16.7 Å². The number of amides is 1. The van der Waals surface area contributed by atoms with Crippen LogP contribution >= 0.6 is 0 Å². The average molecular weight is 447 g/mol. The maximum absolute atomic E-state index is 13.8. The molecule has 4 rings (SSSR count). The molecule has 4 aromatic rings. The van der Waals surface area contributed by atoms with Crippen molar-refractivity contribution in [1.29, 1.82) is 0 Å². The first-order valence-electron chi connectivity index (χ1n) is 10.9. The number of aryl methyl sites for hydroxylation is 5. The molecule has 0 saturated heterocycles. The Morgan fingerprint density at radius 1 is 1.09 bits per heavy atom. The van der Waals surface area contributed by atoms with Crippen LogP contribution in [0.5, 0.6) is 0 Å². The Labute approximate surface area is 191 Å². The molecule has 0 spiro atoms. The summed E-state index contributed by atoms with van der Waals surface area (Å²) in [7, 11) is 1.68. The van der Waals surface area contributed by atoms with Crippen molar-refractivity contribution in [3.63, 3.8) is 0 Å². The van der Waals surface area contributed by atoms with E-state index in [1.807, 2.05) is 45.9 Å². The fraction of sp³-hybridized carbons (Fsp3) is 0.269. The molecule has 0 bridgehead atoms. The molecule has 0 fully saturated rings. The van der Waals surface area contributed by atoms with Gasteiger partial charge in [-0.1, -0.05) is 23.8 Å². The Bertz CT molecular complexity index is 1450. The number of benzene rings is 2. The molecule has 0 unspecified atom stereocenters. The fourth-order valence-electron chi connectivity index (χ4n) is 4.36. The van der Waals surface area contributed by atoms with Crippen LogP contribution in [-0.4, -0.2) is 20.3 Å². The number of rotatable bonds is 5. The van der Waals surface area contributed by atoms with Crippen LogP contribution in [0.15, 0.2) is 47.3 Å². The Morgan fingerprint density at radius 3 is 2.55 bits per heavy atom. The number of pyridine rings is 1. The highest BCUT2D eigenvalue weighted by molar-refractivity contribution is 5.92. The van der Waals surface area contributed by atoms with Gasteiger partial charge >= 0.3 is 0 Å². The number of carbonyl (C=O) groups is 1. The first-order chi connectivity index (χ1) is 15.7. The molecular weight excluding hydrogens is 419 g/mol. The van der Waals surface area contributed by atoms with Gasteiger partial charge in [0.15, 0.2) is 0 Å². The maximum Gasteiger partial charge on any atom is 0.255 e. The number of carbonyl (C=O) groups excluding carboxylic acids is 1. The van der Waals surface area contributed by atoms with Crippen LogP contribution in [0, 0.1) is 33.5 Å². The summed E-state index contributed by atoms with van der Waals surface area (Å²) in [5.41, 5.74) is 5.99. The van der Waals surface area contributed by atoms with Crippen LogP contribution in [0.4, 0.5) is 10.1 Å². The van der Waals surface area contributed by atoms with E-state index in [9.17, 15) is 14.0 Å². The normalized spacial score (nSPS) is 11.2. The van der Waals surface area contributed by atoms with Gasteiger partial charge in [0.25, 0.3) is 5.56 Å². The van der Waals surface area contributed by atoms with Gasteiger partial charge in [0.1, 0.15) is 11.5 Å². The van der Waals surface area contributed by atoms with E-state index in [1.165, 1.54) is 16.7 Å². The summed E-state index contributed by atoms with van der Waals surface area (Å²) in [4.78, 5) is 25.9. The fourth-order valence-corrected chi connectivity index (χ4v) is 4.36. The van der Waals surface area contributed by atoms with E-state index >= 15 is 0 Å². The van der Waals surface area contributed by atoms with E-state index in [2.05, 4.69) is 10.4 Å². The second-order valence-corrected chi connectivity index (χ2v) is 8.51. The van der Waals surface area contributed by atoms with Gasteiger partial charge < -0.3 is 5.32 Å². The van der Waals surface area contributed by atoms with Gasteiger partial charge in [-0.15, -0.1) is 0 Å². The number of halogens is 1. The number of fused-ring (bicyclic) bond motifs is 1. The zero-order valence-corrected chi connectivity index (χ0v) is 19.5. The minimum atomic E-state index is -0.373. The molecule has 2 aromatic heterocycles. The number of nitrogens with one attached hydrogen (secondary N) is 1. The number of hydrogen-bond acceptors (Lipinski definition) is 3. The lowest BCUT2D eigenvalue weighted by Gasteiger charge is -2.13. The summed E-state index contributed by atoms with van der Waals surface area (Å²) < 4.78 is 16.9. The van der Waals surface area contributed by atoms with Crippen LogP contribution in [-0.2, 0) is 18.3 Å². The van der Waals surface area contributed by atoms with Crippen molar-refractivity contribution in [2.24, 2.45) is 7.05 Å². The lowest BCUT2D eigenvalue weighted by atomic mass is 10.0. The molecule has 2 aromatic carbocycles. The van der Waals surface area contributed by atoms with Crippen molar-refractivity contribution in [2.75, 3.05) is 5.32 Å². The topological polar surface area (TPSA) is 68.9 Å². The Kier molecular flexibility index (Phi) is 5.89. The van der Waals surface area contributed by atoms with Gasteiger partial charge in [0, 0.05) is 30.1 Å². The van der Waals surface area contributed by atoms with Crippen molar-refractivity contribution in [3.8, 4) is 5.69 Å². The second-order valence-electron chi connectivity index (χ2n) is 8.51. The highest BCUT2D eigenvalue weighted by Crippen LogP contribution is 2.26. The van der Waals surface area contributed by atoms with Crippen LogP contribution in [0.1, 0.15) is 34.4 Å². The molecule has 0 aliphatic rings. The molecule has 2 heterocycles. The molecule has 0 aliphatic heterocycles. The lowest BCUT2D eigenvalue weighted by molar-refractivity contribution is -0.116. The third-order valence-electron chi connectivity index (χ3n) is 6.06. The summed E-state index contributed by atoms with van der Waals surface area (Å²) in [6, 6.07) is 12.0. The third kappa shape index (κ3) is 4.18. The molecule has 0 radical (unpaired) electrons. The lowest BCUT2D eigenvalue weighted by Crippen LogP contribution is -2.25. The van der Waals surface area contributed by atoms with Crippen molar-refractivity contribution in [3.05, 3.63) is 86.6 Å². The minimum absolute atomic E-state index is 0.143. The molecule has 0 saturated carbocycles. The minimum Gasteiger partial charge on any atom is -0.326 e. The summed E-state index contributed by atoms with van der Waals surface area (Å²) in [5.74, 6) is -0.516. The monoisotopic (exact) mass is 446 g/mol. The Hall–Kier alpha value is -3.74. The number of hydrogen-bond donors (Lipinski definition) is 1. The quantitative estimate of drug-likeness (QED) is 0.484. The Morgan fingerprint density at radius 2 is 1.85 bits per heavy atom. The molecule has 0 atom stereocenters. The zero-order valence-electron chi connectivity index (χ0n) is 19.5. The maximum atomic E-state index is 13.8. The van der Waals surface area contributed by atoms with Crippen LogP contribution < -0.4 is 10.9 Å². The summed E-state index contributed by atoms with van der Waals surface area (Å²) in [6.07, 6.45) is 0.502. The number of aromatic nitrogens is 3. The highest BCUT2D eigenvalue weighted by Gasteiger charge is 2.20. The summed E-state index contributed by atoms with van der Waals surface area (Å²) in [5, 5.41) is 8.36. The van der Waals surface area contributed by atoms with Crippen molar-refractivity contribution in [2.45, 2.75) is 40.5 Å². The molecular formula is C26H27FN4O2. The van der Waals surface area contributed by atoms with Gasteiger partial charge in [-0.05, 0) is 69.5 Å². The van der Waals surface area contributed by atoms with Crippen LogP contribution in [0.2, 0.25) is 0 Å². The first-order valence-corrected chi connectivity index (χ1v) is 10.9. The van der Waals surface area contributed by atoms with Gasteiger partial charge in [-0.2, -0.15) is 5.10 Å². The van der Waals surface area contributed by atoms with E-state index < -0.39 is 0 Å². The largest absolute Gasteiger partial charge is 0.326 e. The van der Waals surface area contributed by atoms with E-state index in [4.69, 9.17) is 0 Å². The number of anilines is 1. The van der Waals surface area contributed by atoms with Crippen molar-refractivity contribution in [1.82, 2.24) is 14.3 Å². The average Bonchev–Trinajstić information content (AvgIpc) is 3.11. The summed E-state index contributed by atoms with van der Waals surface area (Å²) >= 11 is 0. The van der Waals surface area contributed by atoms with Gasteiger partial charge in [-0.3, -0.25) is 14.2 Å². The SMILES string of the molecule is Cc1ccc(NC(=O)CCc2c(C)c3c(C)nn(-c4cccc(F)c4)c3n(C)c2=O)c(C)c1. The molecule has 7 heteroatoms. The zero-order chi connectivity index (χ0) is 23.9. The molecule has 1 N–H and O–H groups in total. The standard InChI is InChI=1S/C26H27FN4O2/c1-15-9-11-22(16(2)13-15)28-23(32)12-10-21-17(3)24-18(4)29-31(25(24)30(5)26(21)33)20-8-6-7-19(27)14-20/h6-9,11,13-14H,10,12H2,1-5H3,(H,28,32). The van der Waals surface area contributed by atoms with E-state index in [0.717, 1.165) is 33.5 Å². The molecule has 170 valence electrons. The van der Waals surface area contributed by atoms with E-state index in [0.29, 0.717) is 23.3 Å². The predicted octanol–water partition coefficient (Wildman–Crippen LogP) is 4.67. The van der Waals surface area contributed by atoms with Crippen LogP contribution in [0.3, 0.4) is 0 Å². The van der Waals surface area contributed by atoms with Crippen molar-refractivity contribution >= 4 is 22.6 Å². The molecule has 33 heavy (non-hydrogen) atoms. The van der Waals surface area contributed by atoms with Gasteiger partial charge in [0.2, 0.25) is 5.91 Å². The first kappa shape index (κ1) is 22.5. The number of nitrogens with zero attached hydrogens (tertiary/aromatic N) is 3. The Balaban J connectivity index is 1.67. The molecule has 1 amide bonds. The molecule has 0 aliphatic carbocycles. The smallest absolute Gasteiger partial charge is 0.255 e. The predicted molar refractivity (Wildman–Crippen MR) is 129 cm³/mol. The summed E-state index contributed by atoms with van der Waals surface area (Å²) in [6.45, 7) is 7.71. The van der Waals surface area contributed by atoms with Gasteiger partial charge in [0.05, 0.1) is 11.4 Å².